The molecule has 2 rings (SSSR count). The van der Waals surface area contributed by atoms with E-state index in [1.807, 2.05) is 0 Å². The van der Waals surface area contributed by atoms with Crippen molar-refractivity contribution in [3.8, 4) is 0 Å². The fourth-order valence-electron chi connectivity index (χ4n) is 3.24. The molecule has 0 spiro atoms. The zero-order chi connectivity index (χ0) is 13.0. The van der Waals surface area contributed by atoms with Gasteiger partial charge in [-0.05, 0) is 63.2 Å². The van der Waals surface area contributed by atoms with E-state index in [2.05, 4.69) is 12.2 Å². The second kappa shape index (κ2) is 6.79. The normalized spacial score (nSPS) is 37.2. The Bertz CT molecular complexity index is 266. The van der Waals surface area contributed by atoms with Gasteiger partial charge in [0.15, 0.2) is 0 Å². The molecule has 18 heavy (non-hydrogen) atoms. The summed E-state index contributed by atoms with van der Waals surface area (Å²) in [7, 11) is 0. The first kappa shape index (κ1) is 14.2. The minimum Gasteiger partial charge on any atom is -0.356 e. The second-order valence-corrected chi connectivity index (χ2v) is 6.94. The molecule has 104 valence electrons. The molecule has 2 nitrogen and oxygen atoms in total. The van der Waals surface area contributed by atoms with Crippen molar-refractivity contribution in [1.82, 2.24) is 5.32 Å². The highest BCUT2D eigenvalue weighted by molar-refractivity contribution is 6.20. The van der Waals surface area contributed by atoms with E-state index >= 15 is 0 Å². The Labute approximate surface area is 116 Å². The van der Waals surface area contributed by atoms with Crippen LogP contribution in [0.4, 0.5) is 0 Å². The lowest BCUT2D eigenvalue weighted by molar-refractivity contribution is -0.126. The predicted molar refractivity (Wildman–Crippen MR) is 75.7 cm³/mol. The van der Waals surface area contributed by atoms with Gasteiger partial charge in [0.05, 0.1) is 0 Å². The molecule has 0 aromatic carbocycles. The van der Waals surface area contributed by atoms with Gasteiger partial charge in [0.1, 0.15) is 0 Å². The van der Waals surface area contributed by atoms with Crippen molar-refractivity contribution < 1.29 is 4.79 Å². The summed E-state index contributed by atoms with van der Waals surface area (Å²) >= 11 is 6.09. The Kier molecular flexibility index (Phi) is 5.35. The fraction of sp³-hybridized carbons (Fsp3) is 0.933. The molecule has 0 saturated heterocycles. The van der Waals surface area contributed by atoms with E-state index in [1.165, 1.54) is 25.7 Å². The maximum atomic E-state index is 12.1. The van der Waals surface area contributed by atoms with Gasteiger partial charge in [-0.3, -0.25) is 4.79 Å². The molecule has 0 bridgehead atoms. The Balaban J connectivity index is 1.65. The van der Waals surface area contributed by atoms with E-state index in [0.717, 1.165) is 38.1 Å². The van der Waals surface area contributed by atoms with Crippen molar-refractivity contribution in [3.05, 3.63) is 0 Å². The average Bonchev–Trinajstić information content (AvgIpc) is 2.38. The van der Waals surface area contributed by atoms with Gasteiger partial charge in [0.2, 0.25) is 5.91 Å². The summed E-state index contributed by atoms with van der Waals surface area (Å²) in [5.41, 5.74) is 0. The van der Waals surface area contributed by atoms with Crippen LogP contribution >= 0.6 is 11.6 Å². The number of alkyl halides is 1. The predicted octanol–water partition coefficient (Wildman–Crippen LogP) is 3.73. The SMILES string of the molecule is CC1CCC(C(=O)NCC2CCC(Cl)CC2)CC1. The maximum Gasteiger partial charge on any atom is 0.223 e. The van der Waals surface area contributed by atoms with Gasteiger partial charge in [0.25, 0.3) is 0 Å². The van der Waals surface area contributed by atoms with Crippen molar-refractivity contribution in [2.45, 2.75) is 63.7 Å². The van der Waals surface area contributed by atoms with Gasteiger partial charge in [-0.2, -0.15) is 0 Å². The first-order valence-electron chi connectivity index (χ1n) is 7.57. The van der Waals surface area contributed by atoms with Crippen molar-refractivity contribution in [2.75, 3.05) is 6.54 Å². The molecule has 0 aromatic rings. The molecule has 1 amide bonds. The summed E-state index contributed by atoms with van der Waals surface area (Å²) in [6, 6.07) is 0. The smallest absolute Gasteiger partial charge is 0.223 e. The lowest BCUT2D eigenvalue weighted by Gasteiger charge is -2.28. The molecule has 2 aliphatic carbocycles. The number of carbonyl (C=O) groups is 1. The highest BCUT2D eigenvalue weighted by atomic mass is 35.5. The molecule has 0 unspecified atom stereocenters. The van der Waals surface area contributed by atoms with Gasteiger partial charge in [0, 0.05) is 17.8 Å². The summed E-state index contributed by atoms with van der Waals surface area (Å²) in [6.45, 7) is 3.16. The molecule has 0 aliphatic heterocycles. The zero-order valence-electron chi connectivity index (χ0n) is 11.5. The third-order valence-electron chi connectivity index (χ3n) is 4.73. The van der Waals surface area contributed by atoms with E-state index in [4.69, 9.17) is 11.6 Å². The molecule has 0 heterocycles. The molecule has 0 atom stereocenters. The highest BCUT2D eigenvalue weighted by Gasteiger charge is 2.25. The molecule has 0 aromatic heterocycles. The Hall–Kier alpha value is -0.240. The molecule has 2 saturated carbocycles. The quantitative estimate of drug-likeness (QED) is 0.779. The lowest BCUT2D eigenvalue weighted by atomic mass is 9.82. The molecule has 2 aliphatic rings. The Morgan fingerprint density at radius 2 is 1.67 bits per heavy atom. The minimum atomic E-state index is 0.283. The molecule has 0 radical (unpaired) electrons. The summed E-state index contributed by atoms with van der Waals surface area (Å²) in [5.74, 6) is 2.06. The topological polar surface area (TPSA) is 29.1 Å². The van der Waals surface area contributed by atoms with Crippen LogP contribution in [0.5, 0.6) is 0 Å². The number of nitrogens with one attached hydrogen (secondary N) is 1. The summed E-state index contributed by atoms with van der Waals surface area (Å²) in [6.07, 6.45) is 9.19. The minimum absolute atomic E-state index is 0.283. The Morgan fingerprint density at radius 3 is 2.28 bits per heavy atom. The number of amides is 1. The second-order valence-electron chi connectivity index (χ2n) is 6.32. The van der Waals surface area contributed by atoms with Crippen LogP contribution in [0.3, 0.4) is 0 Å². The van der Waals surface area contributed by atoms with Crippen LogP contribution in [0, 0.1) is 17.8 Å². The molecular formula is C15H26ClNO. The summed E-state index contributed by atoms with van der Waals surface area (Å²) in [4.78, 5) is 12.1. The van der Waals surface area contributed by atoms with Crippen LogP contribution < -0.4 is 5.32 Å². The first-order chi connectivity index (χ1) is 8.65. The van der Waals surface area contributed by atoms with Gasteiger partial charge < -0.3 is 5.32 Å². The summed E-state index contributed by atoms with van der Waals surface area (Å²) < 4.78 is 0. The van der Waals surface area contributed by atoms with Crippen LogP contribution in [0.25, 0.3) is 0 Å². The highest BCUT2D eigenvalue weighted by Crippen LogP contribution is 2.29. The number of hydrogen-bond donors (Lipinski definition) is 1. The van der Waals surface area contributed by atoms with Gasteiger partial charge >= 0.3 is 0 Å². The van der Waals surface area contributed by atoms with E-state index < -0.39 is 0 Å². The third-order valence-corrected chi connectivity index (χ3v) is 5.16. The number of carbonyl (C=O) groups excluding carboxylic acids is 1. The monoisotopic (exact) mass is 271 g/mol. The largest absolute Gasteiger partial charge is 0.356 e. The maximum absolute atomic E-state index is 12.1. The standard InChI is InChI=1S/C15H26ClNO/c1-11-2-6-13(7-3-11)15(18)17-10-12-4-8-14(16)9-5-12/h11-14H,2-10H2,1H3,(H,17,18). The van der Waals surface area contributed by atoms with Crippen LogP contribution in [0.2, 0.25) is 0 Å². The first-order valence-corrected chi connectivity index (χ1v) is 8.00. The zero-order valence-corrected chi connectivity index (χ0v) is 12.2. The van der Waals surface area contributed by atoms with E-state index in [9.17, 15) is 4.79 Å². The molecule has 1 N–H and O–H groups in total. The van der Waals surface area contributed by atoms with E-state index in [0.29, 0.717) is 17.2 Å². The average molecular weight is 272 g/mol. The van der Waals surface area contributed by atoms with Crippen molar-refractivity contribution in [2.24, 2.45) is 17.8 Å². The van der Waals surface area contributed by atoms with Crippen LogP contribution in [-0.4, -0.2) is 17.8 Å². The van der Waals surface area contributed by atoms with Gasteiger partial charge in [-0.25, -0.2) is 0 Å². The van der Waals surface area contributed by atoms with E-state index in [-0.39, 0.29) is 5.92 Å². The number of halogens is 1. The van der Waals surface area contributed by atoms with Crippen molar-refractivity contribution >= 4 is 17.5 Å². The van der Waals surface area contributed by atoms with Crippen molar-refractivity contribution in [1.29, 1.82) is 0 Å². The number of hydrogen-bond acceptors (Lipinski definition) is 1. The summed E-state index contributed by atoms with van der Waals surface area (Å²) in [5, 5.41) is 3.54. The molecule has 2 fully saturated rings. The van der Waals surface area contributed by atoms with E-state index in [1.54, 1.807) is 0 Å². The van der Waals surface area contributed by atoms with Crippen LogP contribution in [0.1, 0.15) is 58.3 Å². The molecule has 3 heteroatoms. The van der Waals surface area contributed by atoms with Crippen LogP contribution in [0.15, 0.2) is 0 Å². The number of rotatable bonds is 3. The molecular weight excluding hydrogens is 246 g/mol. The van der Waals surface area contributed by atoms with Crippen molar-refractivity contribution in [3.63, 3.8) is 0 Å². The van der Waals surface area contributed by atoms with Crippen LogP contribution in [-0.2, 0) is 4.79 Å². The van der Waals surface area contributed by atoms with Gasteiger partial charge in [-0.1, -0.05) is 6.92 Å². The lowest BCUT2D eigenvalue weighted by Crippen LogP contribution is -2.36. The fourth-order valence-corrected chi connectivity index (χ4v) is 3.49. The van der Waals surface area contributed by atoms with Gasteiger partial charge in [-0.15, -0.1) is 11.6 Å². The Morgan fingerprint density at radius 1 is 1.06 bits per heavy atom. The third kappa shape index (κ3) is 4.15.